The lowest BCUT2D eigenvalue weighted by atomic mass is 10.1. The number of rotatable bonds is 5. The molecule has 0 radical (unpaired) electrons. The molecule has 0 unspecified atom stereocenters. The summed E-state index contributed by atoms with van der Waals surface area (Å²) < 4.78 is 24.2. The van der Waals surface area contributed by atoms with Crippen LogP contribution >= 0.6 is 0 Å². The third-order valence-electron chi connectivity index (χ3n) is 3.37. The molecule has 22 heavy (non-hydrogen) atoms. The van der Waals surface area contributed by atoms with E-state index in [0.717, 1.165) is 0 Å². The van der Waals surface area contributed by atoms with E-state index in [-0.39, 0.29) is 11.7 Å². The van der Waals surface area contributed by atoms with Crippen LogP contribution in [0.4, 0.5) is 4.39 Å². The third kappa shape index (κ3) is 3.19. The zero-order chi connectivity index (χ0) is 16.1. The van der Waals surface area contributed by atoms with Crippen LogP contribution < -0.4 is 14.8 Å². The zero-order valence-corrected chi connectivity index (χ0v) is 12.7. The summed E-state index contributed by atoms with van der Waals surface area (Å²) in [5.74, 6) is 0.108. The van der Waals surface area contributed by atoms with Crippen molar-refractivity contribution >= 4 is 5.91 Å². The molecule has 2 aromatic carbocycles. The fourth-order valence-corrected chi connectivity index (χ4v) is 2.24. The predicted molar refractivity (Wildman–Crippen MR) is 81.8 cm³/mol. The zero-order valence-electron chi connectivity index (χ0n) is 12.7. The SMILES string of the molecule is COc1cccc(C(=O)N[C@@H](C)c2ccccc2F)c1OC. The number of hydrogen-bond acceptors (Lipinski definition) is 3. The lowest BCUT2D eigenvalue weighted by molar-refractivity contribution is 0.0935. The molecule has 116 valence electrons. The first-order valence-electron chi connectivity index (χ1n) is 6.84. The second-order valence-corrected chi connectivity index (χ2v) is 4.76. The van der Waals surface area contributed by atoms with E-state index in [1.165, 1.54) is 20.3 Å². The number of methoxy groups -OCH3 is 2. The van der Waals surface area contributed by atoms with Gasteiger partial charge in [-0.3, -0.25) is 4.79 Å². The van der Waals surface area contributed by atoms with Crippen molar-refractivity contribution in [3.8, 4) is 11.5 Å². The van der Waals surface area contributed by atoms with Crippen LogP contribution in [0.5, 0.6) is 11.5 Å². The first kappa shape index (κ1) is 15.8. The average Bonchev–Trinajstić information content (AvgIpc) is 2.54. The van der Waals surface area contributed by atoms with Crippen molar-refractivity contribution in [2.24, 2.45) is 0 Å². The molecule has 0 fully saturated rings. The first-order chi connectivity index (χ1) is 10.6. The number of amides is 1. The molecule has 0 heterocycles. The van der Waals surface area contributed by atoms with Crippen molar-refractivity contribution in [2.75, 3.05) is 14.2 Å². The van der Waals surface area contributed by atoms with Gasteiger partial charge in [-0.1, -0.05) is 24.3 Å². The molecule has 0 aliphatic rings. The number of nitrogens with one attached hydrogen (secondary N) is 1. The first-order valence-corrected chi connectivity index (χ1v) is 6.84. The average molecular weight is 303 g/mol. The predicted octanol–water partition coefficient (Wildman–Crippen LogP) is 3.33. The Balaban J connectivity index is 2.25. The Bertz CT molecular complexity index is 673. The summed E-state index contributed by atoms with van der Waals surface area (Å²) in [5, 5.41) is 2.76. The van der Waals surface area contributed by atoms with Crippen LogP contribution in [-0.4, -0.2) is 20.1 Å². The summed E-state index contributed by atoms with van der Waals surface area (Å²) >= 11 is 0. The summed E-state index contributed by atoms with van der Waals surface area (Å²) in [6.07, 6.45) is 0. The number of carbonyl (C=O) groups is 1. The van der Waals surface area contributed by atoms with Crippen LogP contribution in [0.25, 0.3) is 0 Å². The van der Waals surface area contributed by atoms with Crippen LogP contribution in [-0.2, 0) is 0 Å². The van der Waals surface area contributed by atoms with Crippen LogP contribution in [0.2, 0.25) is 0 Å². The minimum absolute atomic E-state index is 0.338. The monoisotopic (exact) mass is 303 g/mol. The van der Waals surface area contributed by atoms with E-state index in [2.05, 4.69) is 5.32 Å². The van der Waals surface area contributed by atoms with E-state index in [1.54, 1.807) is 43.3 Å². The van der Waals surface area contributed by atoms with Crippen molar-refractivity contribution in [2.45, 2.75) is 13.0 Å². The Kier molecular flexibility index (Phi) is 4.99. The molecule has 2 aromatic rings. The minimum Gasteiger partial charge on any atom is -0.493 e. The molecule has 0 aliphatic heterocycles. The van der Waals surface area contributed by atoms with Crippen molar-refractivity contribution in [1.82, 2.24) is 5.32 Å². The van der Waals surface area contributed by atoms with Crippen molar-refractivity contribution in [3.05, 3.63) is 59.4 Å². The maximum absolute atomic E-state index is 13.8. The molecule has 5 heteroatoms. The molecule has 0 saturated carbocycles. The van der Waals surface area contributed by atoms with Gasteiger partial charge in [-0.15, -0.1) is 0 Å². The molecule has 1 amide bonds. The summed E-state index contributed by atoms with van der Waals surface area (Å²) in [6, 6.07) is 10.9. The Labute approximate surface area is 128 Å². The van der Waals surface area contributed by atoms with Gasteiger partial charge in [-0.05, 0) is 25.1 Å². The van der Waals surface area contributed by atoms with Gasteiger partial charge in [-0.2, -0.15) is 0 Å². The molecular formula is C17H18FNO3. The van der Waals surface area contributed by atoms with Gasteiger partial charge in [-0.25, -0.2) is 4.39 Å². The Morgan fingerprint density at radius 1 is 1.09 bits per heavy atom. The van der Waals surface area contributed by atoms with E-state index >= 15 is 0 Å². The fraction of sp³-hybridized carbons (Fsp3) is 0.235. The molecule has 1 atom stereocenters. The maximum Gasteiger partial charge on any atom is 0.255 e. The summed E-state index contributed by atoms with van der Waals surface area (Å²) in [4.78, 5) is 12.4. The Morgan fingerprint density at radius 3 is 2.45 bits per heavy atom. The van der Waals surface area contributed by atoms with Gasteiger partial charge in [0, 0.05) is 5.56 Å². The largest absolute Gasteiger partial charge is 0.493 e. The lowest BCUT2D eigenvalue weighted by Crippen LogP contribution is -2.27. The molecule has 2 rings (SSSR count). The summed E-state index contributed by atoms with van der Waals surface area (Å²) in [7, 11) is 2.97. The van der Waals surface area contributed by atoms with Crippen LogP contribution in [0.15, 0.2) is 42.5 Å². The molecule has 0 spiro atoms. The molecule has 4 nitrogen and oxygen atoms in total. The van der Waals surface area contributed by atoms with E-state index in [1.807, 2.05) is 0 Å². The smallest absolute Gasteiger partial charge is 0.255 e. The van der Waals surface area contributed by atoms with Gasteiger partial charge < -0.3 is 14.8 Å². The second-order valence-electron chi connectivity index (χ2n) is 4.76. The van der Waals surface area contributed by atoms with Gasteiger partial charge in [0.25, 0.3) is 5.91 Å². The molecule has 0 aliphatic carbocycles. The van der Waals surface area contributed by atoms with Gasteiger partial charge in [0.1, 0.15) is 5.82 Å². The number of benzene rings is 2. The molecule has 1 N–H and O–H groups in total. The van der Waals surface area contributed by atoms with Gasteiger partial charge in [0.05, 0.1) is 25.8 Å². The number of para-hydroxylation sites is 1. The molecule has 0 aromatic heterocycles. The lowest BCUT2D eigenvalue weighted by Gasteiger charge is -2.17. The Morgan fingerprint density at radius 2 is 1.82 bits per heavy atom. The van der Waals surface area contributed by atoms with Crippen LogP contribution in [0.1, 0.15) is 28.9 Å². The number of hydrogen-bond donors (Lipinski definition) is 1. The number of carbonyl (C=O) groups excluding carboxylic acids is 1. The van der Waals surface area contributed by atoms with Crippen molar-refractivity contribution in [3.63, 3.8) is 0 Å². The number of halogens is 1. The van der Waals surface area contributed by atoms with Crippen LogP contribution in [0, 0.1) is 5.82 Å². The highest BCUT2D eigenvalue weighted by atomic mass is 19.1. The molecule has 0 saturated heterocycles. The van der Waals surface area contributed by atoms with Gasteiger partial charge in [0.2, 0.25) is 0 Å². The molecule has 0 bridgehead atoms. The number of ether oxygens (including phenoxy) is 2. The van der Waals surface area contributed by atoms with Crippen LogP contribution in [0.3, 0.4) is 0 Å². The van der Waals surface area contributed by atoms with E-state index in [9.17, 15) is 9.18 Å². The van der Waals surface area contributed by atoms with Gasteiger partial charge in [0.15, 0.2) is 11.5 Å². The van der Waals surface area contributed by atoms with Crippen molar-refractivity contribution in [1.29, 1.82) is 0 Å². The highest BCUT2D eigenvalue weighted by molar-refractivity contribution is 5.98. The Hall–Kier alpha value is -2.56. The van der Waals surface area contributed by atoms with E-state index < -0.39 is 6.04 Å². The molecular weight excluding hydrogens is 285 g/mol. The third-order valence-corrected chi connectivity index (χ3v) is 3.37. The fourth-order valence-electron chi connectivity index (χ4n) is 2.24. The standard InChI is InChI=1S/C17H18FNO3/c1-11(12-7-4-5-9-14(12)18)19-17(20)13-8-6-10-15(21-2)16(13)22-3/h4-11H,1-3H3,(H,19,20)/t11-/m0/s1. The highest BCUT2D eigenvalue weighted by Crippen LogP contribution is 2.31. The summed E-state index contributed by atoms with van der Waals surface area (Å²) in [6.45, 7) is 1.73. The summed E-state index contributed by atoms with van der Waals surface area (Å²) in [5.41, 5.74) is 0.766. The van der Waals surface area contributed by atoms with Gasteiger partial charge >= 0.3 is 0 Å². The van der Waals surface area contributed by atoms with Crippen molar-refractivity contribution < 1.29 is 18.7 Å². The highest BCUT2D eigenvalue weighted by Gasteiger charge is 2.19. The second kappa shape index (κ2) is 6.93. The normalized spacial score (nSPS) is 11.6. The van der Waals surface area contributed by atoms with E-state index in [4.69, 9.17) is 9.47 Å². The topological polar surface area (TPSA) is 47.6 Å². The quantitative estimate of drug-likeness (QED) is 0.921. The van der Waals surface area contributed by atoms with E-state index in [0.29, 0.717) is 22.6 Å². The maximum atomic E-state index is 13.8. The minimum atomic E-state index is -0.468.